The van der Waals surface area contributed by atoms with Crippen molar-refractivity contribution in [1.29, 1.82) is 0 Å². The summed E-state index contributed by atoms with van der Waals surface area (Å²) in [4.78, 5) is 23.0. The average Bonchev–Trinajstić information content (AvgIpc) is 2.35. The predicted octanol–water partition coefficient (Wildman–Crippen LogP) is 4.15. The van der Waals surface area contributed by atoms with E-state index in [1.807, 2.05) is 12.2 Å². The van der Waals surface area contributed by atoms with Gasteiger partial charge in [-0.25, -0.2) is 0 Å². The van der Waals surface area contributed by atoms with Gasteiger partial charge in [0.25, 0.3) is 0 Å². The molecule has 1 aliphatic rings. The van der Waals surface area contributed by atoms with Crippen LogP contribution in [0.1, 0.15) is 64.2 Å². The molecule has 0 atom stereocenters. The lowest BCUT2D eigenvalue weighted by Gasteiger charge is -1.99. The second-order valence-corrected chi connectivity index (χ2v) is 4.88. The smallest absolute Gasteiger partial charge is 0.133 e. The van der Waals surface area contributed by atoms with Crippen LogP contribution in [0.4, 0.5) is 0 Å². The number of carbonyl (C=O) groups excluding carboxylic acids is 2. The van der Waals surface area contributed by atoms with Gasteiger partial charge in [-0.05, 0) is 38.5 Å². The van der Waals surface area contributed by atoms with E-state index in [0.29, 0.717) is 37.2 Å². The lowest BCUT2D eigenvalue weighted by Crippen LogP contribution is -1.97. The molecule has 0 spiro atoms. The Hall–Kier alpha value is -1.18. The molecule has 0 N–H and O–H groups in total. The van der Waals surface area contributed by atoms with Gasteiger partial charge in [-0.15, -0.1) is 0 Å². The van der Waals surface area contributed by atoms with Crippen molar-refractivity contribution in [3.8, 4) is 0 Å². The number of Topliss-reactive ketones (excluding diaryl/α,β-unsaturated/α-hetero) is 2. The first-order valence-electron chi connectivity index (χ1n) is 7.12. The van der Waals surface area contributed by atoms with Crippen LogP contribution in [-0.4, -0.2) is 11.6 Å². The topological polar surface area (TPSA) is 34.1 Å². The van der Waals surface area contributed by atoms with Gasteiger partial charge in [0.15, 0.2) is 0 Å². The van der Waals surface area contributed by atoms with Gasteiger partial charge in [-0.1, -0.05) is 24.3 Å². The second-order valence-electron chi connectivity index (χ2n) is 4.88. The molecule has 1 rings (SSSR count). The van der Waals surface area contributed by atoms with E-state index in [4.69, 9.17) is 0 Å². The van der Waals surface area contributed by atoms with E-state index in [2.05, 4.69) is 12.2 Å². The van der Waals surface area contributed by atoms with E-state index in [0.717, 1.165) is 38.5 Å². The van der Waals surface area contributed by atoms with Gasteiger partial charge in [0.05, 0.1) is 0 Å². The lowest BCUT2D eigenvalue weighted by atomic mass is 10.1. The fraction of sp³-hybridized carbons (Fsp3) is 0.625. The van der Waals surface area contributed by atoms with Gasteiger partial charge in [0.2, 0.25) is 0 Å². The Balaban J connectivity index is 2.35. The zero-order valence-corrected chi connectivity index (χ0v) is 11.2. The van der Waals surface area contributed by atoms with Crippen LogP contribution < -0.4 is 0 Å². The molecule has 0 fully saturated rings. The first-order valence-corrected chi connectivity index (χ1v) is 7.12. The molecule has 18 heavy (non-hydrogen) atoms. The third-order valence-corrected chi connectivity index (χ3v) is 3.17. The van der Waals surface area contributed by atoms with Crippen molar-refractivity contribution < 1.29 is 9.59 Å². The molecule has 0 unspecified atom stereocenters. The van der Waals surface area contributed by atoms with Gasteiger partial charge >= 0.3 is 0 Å². The van der Waals surface area contributed by atoms with Crippen molar-refractivity contribution in [2.45, 2.75) is 64.2 Å². The van der Waals surface area contributed by atoms with E-state index < -0.39 is 0 Å². The zero-order valence-electron chi connectivity index (χ0n) is 11.2. The molecule has 1 aliphatic carbocycles. The summed E-state index contributed by atoms with van der Waals surface area (Å²) in [5.74, 6) is 0.715. The summed E-state index contributed by atoms with van der Waals surface area (Å²) in [7, 11) is 0. The van der Waals surface area contributed by atoms with Crippen molar-refractivity contribution in [3.63, 3.8) is 0 Å². The van der Waals surface area contributed by atoms with Crippen LogP contribution in [0.15, 0.2) is 24.3 Å². The van der Waals surface area contributed by atoms with Crippen molar-refractivity contribution in [2.75, 3.05) is 0 Å². The molecule has 2 heteroatoms. The second kappa shape index (κ2) is 9.81. The van der Waals surface area contributed by atoms with E-state index in [-0.39, 0.29) is 0 Å². The summed E-state index contributed by atoms with van der Waals surface area (Å²) in [6.45, 7) is 0. The fourth-order valence-corrected chi connectivity index (χ4v) is 2.04. The largest absolute Gasteiger partial charge is 0.300 e. The van der Waals surface area contributed by atoms with Gasteiger partial charge in [-0.2, -0.15) is 0 Å². The molecular formula is C16H24O2. The van der Waals surface area contributed by atoms with Crippen molar-refractivity contribution in [1.82, 2.24) is 0 Å². The van der Waals surface area contributed by atoms with Crippen LogP contribution in [-0.2, 0) is 9.59 Å². The summed E-state index contributed by atoms with van der Waals surface area (Å²) < 4.78 is 0. The Morgan fingerprint density at radius 3 is 1.39 bits per heavy atom. The molecule has 0 aliphatic heterocycles. The highest BCUT2D eigenvalue weighted by Crippen LogP contribution is 2.07. The van der Waals surface area contributed by atoms with E-state index in [1.165, 1.54) is 0 Å². The van der Waals surface area contributed by atoms with Crippen LogP contribution >= 0.6 is 0 Å². The molecule has 0 saturated heterocycles. The zero-order chi connectivity index (χ0) is 13.1. The summed E-state index contributed by atoms with van der Waals surface area (Å²) >= 11 is 0. The SMILES string of the molecule is O=C1CC/C=C/CCC(=O)CCC/C=C\CCC1. The number of carbonyl (C=O) groups is 2. The van der Waals surface area contributed by atoms with Crippen molar-refractivity contribution in [3.05, 3.63) is 24.3 Å². The highest BCUT2D eigenvalue weighted by atomic mass is 16.1. The first-order chi connectivity index (χ1) is 8.79. The minimum atomic E-state index is 0.358. The molecule has 0 aromatic carbocycles. The molecule has 0 aromatic heterocycles. The Kier molecular flexibility index (Phi) is 8.11. The molecule has 0 heterocycles. The maximum absolute atomic E-state index is 11.5. The van der Waals surface area contributed by atoms with Crippen LogP contribution in [0.25, 0.3) is 0 Å². The summed E-state index contributed by atoms with van der Waals surface area (Å²) in [5, 5.41) is 0. The standard InChI is InChI=1S/C16H24O2/c17-15-11-7-3-1-2-4-8-12-16(18)14-10-6-5-9-13-15/h1-2,5-6H,3-4,7-14H2/b2-1-,6-5+. The lowest BCUT2D eigenvalue weighted by molar-refractivity contribution is -0.120. The molecule has 0 amide bonds. The van der Waals surface area contributed by atoms with Gasteiger partial charge < -0.3 is 0 Å². The summed E-state index contributed by atoms with van der Waals surface area (Å²) in [5.41, 5.74) is 0. The molecule has 2 nitrogen and oxygen atoms in total. The average molecular weight is 248 g/mol. The maximum Gasteiger partial charge on any atom is 0.133 e. The Bertz CT molecular complexity index is 283. The third-order valence-electron chi connectivity index (χ3n) is 3.17. The molecule has 0 aromatic rings. The monoisotopic (exact) mass is 248 g/mol. The van der Waals surface area contributed by atoms with E-state index in [9.17, 15) is 9.59 Å². The van der Waals surface area contributed by atoms with Crippen molar-refractivity contribution in [2.24, 2.45) is 0 Å². The minimum Gasteiger partial charge on any atom is -0.300 e. The van der Waals surface area contributed by atoms with Crippen LogP contribution in [0.3, 0.4) is 0 Å². The number of rotatable bonds is 0. The number of hydrogen-bond acceptors (Lipinski definition) is 2. The summed E-state index contributed by atoms with van der Waals surface area (Å²) in [6.07, 6.45) is 16.6. The molecule has 0 saturated carbocycles. The number of hydrogen-bond donors (Lipinski definition) is 0. The highest BCUT2D eigenvalue weighted by Gasteiger charge is 2.01. The Labute approximate surface area is 110 Å². The quantitative estimate of drug-likeness (QED) is 0.603. The first kappa shape index (κ1) is 14.9. The fourth-order valence-electron chi connectivity index (χ4n) is 2.04. The highest BCUT2D eigenvalue weighted by molar-refractivity contribution is 5.78. The summed E-state index contributed by atoms with van der Waals surface area (Å²) in [6, 6.07) is 0. The molecule has 0 radical (unpaired) electrons. The predicted molar refractivity (Wildman–Crippen MR) is 74.5 cm³/mol. The van der Waals surface area contributed by atoms with Crippen LogP contribution in [0.2, 0.25) is 0 Å². The van der Waals surface area contributed by atoms with Crippen LogP contribution in [0.5, 0.6) is 0 Å². The minimum absolute atomic E-state index is 0.358. The van der Waals surface area contributed by atoms with Gasteiger partial charge in [0, 0.05) is 25.7 Å². The van der Waals surface area contributed by atoms with Crippen LogP contribution in [0, 0.1) is 0 Å². The normalized spacial score (nSPS) is 24.7. The molecule has 100 valence electrons. The third kappa shape index (κ3) is 7.99. The van der Waals surface area contributed by atoms with Gasteiger partial charge in [-0.3, -0.25) is 9.59 Å². The van der Waals surface area contributed by atoms with Gasteiger partial charge in [0.1, 0.15) is 11.6 Å². The molecule has 0 bridgehead atoms. The van der Waals surface area contributed by atoms with E-state index in [1.54, 1.807) is 0 Å². The number of ketones is 2. The molecular weight excluding hydrogens is 224 g/mol. The van der Waals surface area contributed by atoms with Crippen molar-refractivity contribution >= 4 is 11.6 Å². The number of allylic oxidation sites excluding steroid dienone is 4. The maximum atomic E-state index is 11.5. The Morgan fingerprint density at radius 2 is 0.944 bits per heavy atom. The Morgan fingerprint density at radius 1 is 0.556 bits per heavy atom. The van der Waals surface area contributed by atoms with E-state index >= 15 is 0 Å².